The molecule has 0 unspecified atom stereocenters. The van der Waals surface area contributed by atoms with Crippen molar-refractivity contribution in [2.75, 3.05) is 11.9 Å². The lowest BCUT2D eigenvalue weighted by molar-refractivity contribution is 0.606. The number of halogens is 1. The molecule has 1 aliphatic carbocycles. The molecule has 2 aromatic heterocycles. The van der Waals surface area contributed by atoms with Crippen molar-refractivity contribution in [3.63, 3.8) is 0 Å². The van der Waals surface area contributed by atoms with E-state index in [0.717, 1.165) is 6.54 Å². The largest absolute Gasteiger partial charge is 0.353 e. The van der Waals surface area contributed by atoms with E-state index in [4.69, 9.17) is 11.6 Å². The van der Waals surface area contributed by atoms with Crippen molar-refractivity contribution in [3.8, 4) is 5.95 Å². The third-order valence-corrected chi connectivity index (χ3v) is 3.17. The van der Waals surface area contributed by atoms with Gasteiger partial charge < -0.3 is 5.32 Å². The molecule has 18 heavy (non-hydrogen) atoms. The van der Waals surface area contributed by atoms with Gasteiger partial charge in [-0.1, -0.05) is 6.92 Å². The topological polar surface area (TPSA) is 81.4 Å². The molecule has 3 rings (SSSR count). The van der Waals surface area contributed by atoms with Gasteiger partial charge in [0.15, 0.2) is 0 Å². The van der Waals surface area contributed by atoms with Gasteiger partial charge in [-0.15, -0.1) is 0 Å². The minimum atomic E-state index is 0.138. The Morgan fingerprint density at radius 3 is 2.89 bits per heavy atom. The first kappa shape index (κ1) is 11.3. The van der Waals surface area contributed by atoms with Gasteiger partial charge in [0.25, 0.3) is 5.95 Å². The highest BCUT2D eigenvalue weighted by molar-refractivity contribution is 6.28. The van der Waals surface area contributed by atoms with Crippen molar-refractivity contribution in [3.05, 3.63) is 17.9 Å². The highest BCUT2D eigenvalue weighted by Gasteiger charge is 2.37. The fraction of sp³-hybridized carbons (Fsp3) is 0.500. The summed E-state index contributed by atoms with van der Waals surface area (Å²) in [5.41, 5.74) is 0.368. The minimum absolute atomic E-state index is 0.138. The highest BCUT2D eigenvalue weighted by atomic mass is 35.5. The molecule has 0 atom stereocenters. The standard InChI is InChI=1S/C10H12ClN7/c1-10(2-3-10)4-13-8-15-7(11)16-9(17-8)18-6-12-5-14-18/h5-6H,2-4H2,1H3,(H,13,15,16,17). The lowest BCUT2D eigenvalue weighted by Crippen LogP contribution is -2.15. The molecular formula is C10H12ClN7. The Morgan fingerprint density at radius 2 is 2.22 bits per heavy atom. The molecule has 1 fully saturated rings. The number of anilines is 1. The Balaban J connectivity index is 1.82. The van der Waals surface area contributed by atoms with Crippen LogP contribution in [-0.4, -0.2) is 36.3 Å². The van der Waals surface area contributed by atoms with Crippen LogP contribution in [0.25, 0.3) is 5.95 Å². The Hall–Kier alpha value is -1.76. The fourth-order valence-corrected chi connectivity index (χ4v) is 1.67. The van der Waals surface area contributed by atoms with Crippen molar-refractivity contribution >= 4 is 17.5 Å². The molecule has 8 heteroatoms. The van der Waals surface area contributed by atoms with Gasteiger partial charge in [0.05, 0.1) is 0 Å². The van der Waals surface area contributed by atoms with E-state index in [0.29, 0.717) is 17.3 Å². The molecule has 0 bridgehead atoms. The maximum Gasteiger partial charge on any atom is 0.258 e. The van der Waals surface area contributed by atoms with E-state index >= 15 is 0 Å². The molecule has 0 radical (unpaired) electrons. The van der Waals surface area contributed by atoms with E-state index in [9.17, 15) is 0 Å². The summed E-state index contributed by atoms with van der Waals surface area (Å²) in [4.78, 5) is 16.1. The first-order valence-corrected chi connectivity index (χ1v) is 6.03. The summed E-state index contributed by atoms with van der Waals surface area (Å²) in [5.74, 6) is 0.824. The zero-order chi connectivity index (χ0) is 12.6. The Morgan fingerprint density at radius 1 is 1.39 bits per heavy atom. The molecular weight excluding hydrogens is 254 g/mol. The van der Waals surface area contributed by atoms with E-state index in [1.54, 1.807) is 0 Å². The van der Waals surface area contributed by atoms with Crippen molar-refractivity contribution in [1.82, 2.24) is 29.7 Å². The first-order chi connectivity index (χ1) is 8.65. The molecule has 0 aromatic carbocycles. The van der Waals surface area contributed by atoms with Gasteiger partial charge >= 0.3 is 0 Å². The van der Waals surface area contributed by atoms with Crippen LogP contribution in [0.1, 0.15) is 19.8 Å². The highest BCUT2D eigenvalue weighted by Crippen LogP contribution is 2.44. The zero-order valence-corrected chi connectivity index (χ0v) is 10.6. The van der Waals surface area contributed by atoms with Crippen molar-refractivity contribution in [1.29, 1.82) is 0 Å². The van der Waals surface area contributed by atoms with Crippen molar-refractivity contribution in [2.24, 2.45) is 5.41 Å². The average molecular weight is 266 g/mol. The molecule has 1 aliphatic rings. The maximum atomic E-state index is 5.87. The number of nitrogens with zero attached hydrogens (tertiary/aromatic N) is 6. The van der Waals surface area contributed by atoms with Crippen LogP contribution in [0.2, 0.25) is 5.28 Å². The summed E-state index contributed by atoms with van der Waals surface area (Å²) in [5, 5.41) is 7.28. The van der Waals surface area contributed by atoms with E-state index in [1.807, 2.05) is 0 Å². The summed E-state index contributed by atoms with van der Waals surface area (Å²) < 4.78 is 1.44. The van der Waals surface area contributed by atoms with E-state index in [1.165, 1.54) is 30.2 Å². The van der Waals surface area contributed by atoms with Crippen LogP contribution in [-0.2, 0) is 0 Å². The predicted octanol–water partition coefficient (Wildman–Crippen LogP) is 1.32. The molecule has 0 amide bonds. The molecule has 0 spiro atoms. The molecule has 0 saturated heterocycles. The van der Waals surface area contributed by atoms with Gasteiger partial charge in [-0.2, -0.15) is 24.7 Å². The second kappa shape index (κ2) is 4.16. The van der Waals surface area contributed by atoms with Gasteiger partial charge in [0.1, 0.15) is 12.7 Å². The van der Waals surface area contributed by atoms with Crippen LogP contribution < -0.4 is 5.32 Å². The normalized spacial score (nSPS) is 16.6. The number of hydrogen-bond acceptors (Lipinski definition) is 6. The summed E-state index contributed by atoms with van der Waals surface area (Å²) >= 11 is 5.87. The van der Waals surface area contributed by atoms with E-state index in [-0.39, 0.29) is 5.28 Å². The Labute approximate surface area is 109 Å². The van der Waals surface area contributed by atoms with Gasteiger partial charge in [-0.05, 0) is 29.9 Å². The lowest BCUT2D eigenvalue weighted by atomic mass is 10.1. The van der Waals surface area contributed by atoms with Gasteiger partial charge in [0.2, 0.25) is 11.2 Å². The van der Waals surface area contributed by atoms with Gasteiger partial charge in [-0.3, -0.25) is 0 Å². The molecule has 0 aliphatic heterocycles. The Bertz CT molecular complexity index is 549. The van der Waals surface area contributed by atoms with E-state index < -0.39 is 0 Å². The lowest BCUT2D eigenvalue weighted by Gasteiger charge is -2.10. The molecule has 1 N–H and O–H groups in total. The van der Waals surface area contributed by atoms with Crippen LogP contribution >= 0.6 is 11.6 Å². The van der Waals surface area contributed by atoms with Crippen LogP contribution in [0.5, 0.6) is 0 Å². The summed E-state index contributed by atoms with van der Waals surface area (Å²) in [6.07, 6.45) is 5.39. The summed E-state index contributed by atoms with van der Waals surface area (Å²) in [6.45, 7) is 3.06. The average Bonchev–Trinajstić information content (AvgIpc) is 2.88. The van der Waals surface area contributed by atoms with Crippen LogP contribution in [0.3, 0.4) is 0 Å². The fourth-order valence-electron chi connectivity index (χ4n) is 1.52. The number of rotatable bonds is 4. The monoisotopic (exact) mass is 265 g/mol. The third kappa shape index (κ3) is 2.40. The third-order valence-electron chi connectivity index (χ3n) is 3.00. The number of hydrogen-bond donors (Lipinski definition) is 1. The minimum Gasteiger partial charge on any atom is -0.353 e. The van der Waals surface area contributed by atoms with Crippen molar-refractivity contribution < 1.29 is 0 Å². The van der Waals surface area contributed by atoms with E-state index in [2.05, 4.69) is 37.3 Å². The smallest absolute Gasteiger partial charge is 0.258 e. The second-order valence-corrected chi connectivity index (χ2v) is 5.07. The van der Waals surface area contributed by atoms with Crippen LogP contribution in [0.15, 0.2) is 12.7 Å². The molecule has 2 heterocycles. The molecule has 7 nitrogen and oxygen atoms in total. The van der Waals surface area contributed by atoms with Crippen LogP contribution in [0, 0.1) is 5.41 Å². The number of nitrogens with one attached hydrogen (secondary N) is 1. The van der Waals surface area contributed by atoms with Gasteiger partial charge in [-0.25, -0.2) is 4.98 Å². The van der Waals surface area contributed by atoms with Crippen LogP contribution in [0.4, 0.5) is 5.95 Å². The van der Waals surface area contributed by atoms with Crippen molar-refractivity contribution in [2.45, 2.75) is 19.8 Å². The molecule has 1 saturated carbocycles. The quantitative estimate of drug-likeness (QED) is 0.898. The second-order valence-electron chi connectivity index (χ2n) is 4.73. The zero-order valence-electron chi connectivity index (χ0n) is 9.84. The number of aromatic nitrogens is 6. The first-order valence-electron chi connectivity index (χ1n) is 5.65. The predicted molar refractivity (Wildman–Crippen MR) is 65.6 cm³/mol. The van der Waals surface area contributed by atoms with Gasteiger partial charge in [0, 0.05) is 6.54 Å². The summed E-state index contributed by atoms with van der Waals surface area (Å²) in [6, 6.07) is 0. The Kier molecular flexibility index (Phi) is 2.62. The molecule has 94 valence electrons. The SMILES string of the molecule is CC1(CNc2nc(Cl)nc(-n3cncn3)n2)CC1. The maximum absolute atomic E-state index is 5.87. The molecule has 2 aromatic rings. The summed E-state index contributed by atoms with van der Waals surface area (Å²) in [7, 11) is 0.